The van der Waals surface area contributed by atoms with Crippen LogP contribution in [-0.4, -0.2) is 47.8 Å². The van der Waals surface area contributed by atoms with E-state index in [9.17, 15) is 13.2 Å². The van der Waals surface area contributed by atoms with Gasteiger partial charge in [0.15, 0.2) is 5.82 Å². The molecule has 1 aliphatic heterocycles. The van der Waals surface area contributed by atoms with Crippen molar-refractivity contribution < 1.29 is 13.2 Å². The number of sulfonamides is 1. The van der Waals surface area contributed by atoms with E-state index in [1.807, 2.05) is 37.3 Å². The number of rotatable bonds is 5. The first-order valence-electron chi connectivity index (χ1n) is 8.78. The summed E-state index contributed by atoms with van der Waals surface area (Å²) >= 11 is 6.21. The molecular formula is C18H23ClN4O3S. The molecular weight excluding hydrogens is 388 g/mol. The van der Waals surface area contributed by atoms with Crippen LogP contribution in [0.15, 0.2) is 30.3 Å². The number of carbonyl (C=O) groups excluding carboxylic acids is 1. The van der Waals surface area contributed by atoms with Gasteiger partial charge in [0, 0.05) is 35.8 Å². The zero-order valence-corrected chi connectivity index (χ0v) is 16.9. The molecule has 0 atom stereocenters. The molecule has 1 amide bonds. The van der Waals surface area contributed by atoms with Crippen LogP contribution >= 0.6 is 11.6 Å². The minimum atomic E-state index is -3.19. The Morgan fingerprint density at radius 1 is 1.30 bits per heavy atom. The third kappa shape index (κ3) is 4.88. The Morgan fingerprint density at radius 3 is 2.59 bits per heavy atom. The van der Waals surface area contributed by atoms with E-state index in [1.165, 1.54) is 10.6 Å². The summed E-state index contributed by atoms with van der Waals surface area (Å²) in [5.74, 6) is 0.165. The molecule has 7 nitrogen and oxygen atoms in total. The van der Waals surface area contributed by atoms with E-state index in [4.69, 9.17) is 11.6 Å². The van der Waals surface area contributed by atoms with E-state index in [1.54, 1.807) is 4.68 Å². The highest BCUT2D eigenvalue weighted by molar-refractivity contribution is 7.88. The molecule has 1 aromatic heterocycles. The van der Waals surface area contributed by atoms with Gasteiger partial charge in [0.05, 0.1) is 12.8 Å². The molecule has 2 aromatic rings. The van der Waals surface area contributed by atoms with Gasteiger partial charge in [-0.05, 0) is 31.4 Å². The van der Waals surface area contributed by atoms with E-state index in [2.05, 4.69) is 10.4 Å². The third-order valence-electron chi connectivity index (χ3n) is 4.80. The van der Waals surface area contributed by atoms with Crippen LogP contribution in [0.2, 0.25) is 5.02 Å². The highest BCUT2D eigenvalue weighted by atomic mass is 35.5. The number of halogens is 1. The second-order valence-electron chi connectivity index (χ2n) is 6.85. The highest BCUT2D eigenvalue weighted by Gasteiger charge is 2.29. The number of carbonyl (C=O) groups is 1. The number of aryl methyl sites for hydroxylation is 1. The van der Waals surface area contributed by atoms with Gasteiger partial charge in [-0.25, -0.2) is 12.7 Å². The SMILES string of the molecule is Cc1cc(NC(=O)C2CCN(S(C)(=O)=O)CC2)nn1Cc1ccccc1Cl. The van der Waals surface area contributed by atoms with Crippen molar-refractivity contribution in [1.29, 1.82) is 0 Å². The Morgan fingerprint density at radius 2 is 1.96 bits per heavy atom. The summed E-state index contributed by atoms with van der Waals surface area (Å²) in [5, 5.41) is 7.99. The molecule has 1 saturated heterocycles. The number of benzene rings is 1. The van der Waals surface area contributed by atoms with Gasteiger partial charge in [-0.3, -0.25) is 9.48 Å². The maximum atomic E-state index is 12.5. The fraction of sp³-hybridized carbons (Fsp3) is 0.444. The number of aromatic nitrogens is 2. The van der Waals surface area contributed by atoms with E-state index in [0.29, 0.717) is 43.3 Å². The first-order chi connectivity index (χ1) is 12.7. The van der Waals surface area contributed by atoms with Crippen LogP contribution in [0.3, 0.4) is 0 Å². The first kappa shape index (κ1) is 19.9. The zero-order valence-electron chi connectivity index (χ0n) is 15.4. The van der Waals surface area contributed by atoms with Gasteiger partial charge in [0.25, 0.3) is 0 Å². The van der Waals surface area contributed by atoms with Crippen LogP contribution in [-0.2, 0) is 21.4 Å². The van der Waals surface area contributed by atoms with Gasteiger partial charge < -0.3 is 5.32 Å². The molecule has 2 heterocycles. The fourth-order valence-electron chi connectivity index (χ4n) is 3.20. The van der Waals surface area contributed by atoms with Gasteiger partial charge in [-0.15, -0.1) is 0 Å². The topological polar surface area (TPSA) is 84.3 Å². The second kappa shape index (κ2) is 8.00. The number of nitrogens with one attached hydrogen (secondary N) is 1. The van der Waals surface area contributed by atoms with Gasteiger partial charge in [-0.1, -0.05) is 29.8 Å². The van der Waals surface area contributed by atoms with Crippen LogP contribution in [0.4, 0.5) is 5.82 Å². The molecule has 0 aliphatic carbocycles. The fourth-order valence-corrected chi connectivity index (χ4v) is 4.27. The lowest BCUT2D eigenvalue weighted by atomic mass is 9.97. The predicted octanol–water partition coefficient (Wildman–Crippen LogP) is 2.50. The van der Waals surface area contributed by atoms with Crippen LogP contribution in [0.5, 0.6) is 0 Å². The molecule has 0 saturated carbocycles. The van der Waals surface area contributed by atoms with Crippen molar-refractivity contribution in [3.8, 4) is 0 Å². The Balaban J connectivity index is 1.62. The largest absolute Gasteiger partial charge is 0.309 e. The molecule has 1 N–H and O–H groups in total. The Bertz CT molecular complexity index is 934. The summed E-state index contributed by atoms with van der Waals surface area (Å²) in [6.45, 7) is 3.19. The standard InChI is InChI=1S/C18H23ClN4O3S/c1-13-11-17(21-23(13)12-15-5-3-4-6-16(15)19)20-18(24)14-7-9-22(10-8-14)27(2,25)26/h3-6,11,14H,7-10,12H2,1-2H3,(H,20,21,24). The lowest BCUT2D eigenvalue weighted by molar-refractivity contribution is -0.120. The minimum absolute atomic E-state index is 0.120. The average Bonchev–Trinajstić information content (AvgIpc) is 2.95. The number of hydrogen-bond acceptors (Lipinski definition) is 4. The maximum Gasteiger partial charge on any atom is 0.228 e. The van der Waals surface area contributed by atoms with E-state index in [0.717, 1.165) is 11.3 Å². The van der Waals surface area contributed by atoms with Gasteiger partial charge >= 0.3 is 0 Å². The smallest absolute Gasteiger partial charge is 0.228 e. The summed E-state index contributed by atoms with van der Waals surface area (Å²) in [5.41, 5.74) is 1.87. The molecule has 146 valence electrons. The summed E-state index contributed by atoms with van der Waals surface area (Å²) < 4.78 is 26.4. The Labute approximate surface area is 164 Å². The number of anilines is 1. The van der Waals surface area contributed by atoms with Crippen LogP contribution in [0, 0.1) is 12.8 Å². The molecule has 9 heteroatoms. The summed E-state index contributed by atoms with van der Waals surface area (Å²) in [6, 6.07) is 9.40. The molecule has 0 unspecified atom stereocenters. The van der Waals surface area contributed by atoms with E-state index >= 15 is 0 Å². The van der Waals surface area contributed by atoms with Crippen molar-refractivity contribution in [3.63, 3.8) is 0 Å². The third-order valence-corrected chi connectivity index (χ3v) is 6.48. The summed E-state index contributed by atoms with van der Waals surface area (Å²) in [6.07, 6.45) is 2.22. The first-order valence-corrected chi connectivity index (χ1v) is 11.0. The molecule has 1 fully saturated rings. The van der Waals surface area contributed by atoms with Gasteiger partial charge in [0.1, 0.15) is 0 Å². The number of nitrogens with zero attached hydrogens (tertiary/aromatic N) is 3. The van der Waals surface area contributed by atoms with Crippen LogP contribution in [0.25, 0.3) is 0 Å². The molecule has 27 heavy (non-hydrogen) atoms. The van der Waals surface area contributed by atoms with E-state index in [-0.39, 0.29) is 11.8 Å². The molecule has 3 rings (SSSR count). The van der Waals surface area contributed by atoms with Crippen molar-refractivity contribution in [1.82, 2.24) is 14.1 Å². The average molecular weight is 411 g/mol. The van der Waals surface area contributed by atoms with Crippen LogP contribution < -0.4 is 5.32 Å². The van der Waals surface area contributed by atoms with Crippen molar-refractivity contribution in [2.45, 2.75) is 26.3 Å². The number of piperidine rings is 1. The highest BCUT2D eigenvalue weighted by Crippen LogP contribution is 2.22. The van der Waals surface area contributed by atoms with Crippen molar-refractivity contribution in [2.24, 2.45) is 5.92 Å². The van der Waals surface area contributed by atoms with Crippen molar-refractivity contribution in [2.75, 3.05) is 24.7 Å². The van der Waals surface area contributed by atoms with Gasteiger partial charge in [-0.2, -0.15) is 5.10 Å². The van der Waals surface area contributed by atoms with Crippen molar-refractivity contribution >= 4 is 33.3 Å². The minimum Gasteiger partial charge on any atom is -0.309 e. The lowest BCUT2D eigenvalue weighted by Gasteiger charge is -2.29. The summed E-state index contributed by atoms with van der Waals surface area (Å²) in [7, 11) is -3.19. The Hall–Kier alpha value is -1.90. The number of amides is 1. The monoisotopic (exact) mass is 410 g/mol. The predicted molar refractivity (Wildman–Crippen MR) is 105 cm³/mol. The van der Waals surface area contributed by atoms with Crippen molar-refractivity contribution in [3.05, 3.63) is 46.6 Å². The second-order valence-corrected chi connectivity index (χ2v) is 9.24. The van der Waals surface area contributed by atoms with Gasteiger partial charge in [0.2, 0.25) is 15.9 Å². The zero-order chi connectivity index (χ0) is 19.6. The Kier molecular flexibility index (Phi) is 5.88. The number of hydrogen-bond donors (Lipinski definition) is 1. The van der Waals surface area contributed by atoms with E-state index < -0.39 is 10.0 Å². The normalized spacial score (nSPS) is 16.4. The quantitative estimate of drug-likeness (QED) is 0.820. The summed E-state index contributed by atoms with van der Waals surface area (Å²) in [4.78, 5) is 12.5. The maximum absolute atomic E-state index is 12.5. The van der Waals surface area contributed by atoms with Crippen LogP contribution in [0.1, 0.15) is 24.1 Å². The molecule has 1 aromatic carbocycles. The molecule has 1 aliphatic rings. The molecule has 0 radical (unpaired) electrons. The lowest BCUT2D eigenvalue weighted by Crippen LogP contribution is -2.40. The molecule has 0 bridgehead atoms. The molecule has 0 spiro atoms.